The van der Waals surface area contributed by atoms with E-state index >= 15 is 0 Å². The predicted molar refractivity (Wildman–Crippen MR) is 83.6 cm³/mol. The Labute approximate surface area is 123 Å². The monoisotopic (exact) mass is 329 g/mol. The first-order valence-corrected chi connectivity index (χ1v) is 7.24. The number of thiocarbonyl (C=S) groups is 1. The molecule has 100 valence electrons. The Bertz CT molecular complexity index is 407. The van der Waals surface area contributed by atoms with Crippen LogP contribution in [0.2, 0.25) is 0 Å². The van der Waals surface area contributed by atoms with E-state index in [1.165, 1.54) is 5.56 Å². The minimum absolute atomic E-state index is 0.0749. The fourth-order valence-electron chi connectivity index (χ4n) is 1.56. The molecule has 0 radical (unpaired) electrons. The molecule has 0 saturated carbocycles. The molecule has 0 spiro atoms. The van der Waals surface area contributed by atoms with Crippen LogP contribution in [-0.2, 0) is 11.3 Å². The lowest BCUT2D eigenvalue weighted by Crippen LogP contribution is -2.29. The predicted octanol–water partition coefficient (Wildman–Crippen LogP) is 4.06. The molecule has 0 aliphatic carbocycles. The second kappa shape index (κ2) is 7.22. The number of rotatable bonds is 7. The average molecular weight is 330 g/mol. The first-order valence-electron chi connectivity index (χ1n) is 6.04. The van der Waals surface area contributed by atoms with Crippen molar-refractivity contribution >= 4 is 33.1 Å². The SMILES string of the molecule is CC(C)(CCCOCc1cccc(Br)c1)C(N)=S. The maximum atomic E-state index is 5.68. The Hall–Kier alpha value is -0.450. The summed E-state index contributed by atoms with van der Waals surface area (Å²) < 4.78 is 6.73. The maximum absolute atomic E-state index is 5.68. The average Bonchev–Trinajstić information content (AvgIpc) is 2.28. The summed E-state index contributed by atoms with van der Waals surface area (Å²) in [6, 6.07) is 8.15. The van der Waals surface area contributed by atoms with Crippen LogP contribution in [0.4, 0.5) is 0 Å². The van der Waals surface area contributed by atoms with Crippen molar-refractivity contribution in [3.05, 3.63) is 34.3 Å². The van der Waals surface area contributed by atoms with Gasteiger partial charge >= 0.3 is 0 Å². The highest BCUT2D eigenvalue weighted by Gasteiger charge is 2.20. The molecule has 2 nitrogen and oxygen atoms in total. The smallest absolute Gasteiger partial charge is 0.0784 e. The Morgan fingerprint density at radius 1 is 1.44 bits per heavy atom. The van der Waals surface area contributed by atoms with Gasteiger partial charge in [0.25, 0.3) is 0 Å². The summed E-state index contributed by atoms with van der Waals surface area (Å²) in [6.07, 6.45) is 1.93. The first-order chi connectivity index (χ1) is 8.42. The van der Waals surface area contributed by atoms with Gasteiger partial charge in [0.15, 0.2) is 0 Å². The van der Waals surface area contributed by atoms with Gasteiger partial charge in [0.05, 0.1) is 11.6 Å². The summed E-state index contributed by atoms with van der Waals surface area (Å²) in [7, 11) is 0. The Morgan fingerprint density at radius 2 is 2.17 bits per heavy atom. The van der Waals surface area contributed by atoms with Gasteiger partial charge < -0.3 is 10.5 Å². The highest BCUT2D eigenvalue weighted by Crippen LogP contribution is 2.22. The van der Waals surface area contributed by atoms with Gasteiger partial charge in [0.2, 0.25) is 0 Å². The van der Waals surface area contributed by atoms with Gasteiger partial charge in [-0.25, -0.2) is 0 Å². The second-order valence-corrected chi connectivity index (χ2v) is 6.39. The molecule has 0 aliphatic heterocycles. The summed E-state index contributed by atoms with van der Waals surface area (Å²) in [5, 5.41) is 0. The van der Waals surface area contributed by atoms with Gasteiger partial charge in [-0.15, -0.1) is 0 Å². The molecule has 0 unspecified atom stereocenters. The summed E-state index contributed by atoms with van der Waals surface area (Å²) in [5.74, 6) is 0. The molecule has 1 rings (SSSR count). The van der Waals surface area contributed by atoms with Crippen LogP contribution in [0.1, 0.15) is 32.3 Å². The zero-order valence-electron chi connectivity index (χ0n) is 10.9. The molecule has 0 saturated heterocycles. The van der Waals surface area contributed by atoms with Crippen molar-refractivity contribution in [1.82, 2.24) is 0 Å². The summed E-state index contributed by atoms with van der Waals surface area (Å²) in [5.41, 5.74) is 6.78. The van der Waals surface area contributed by atoms with Crippen molar-refractivity contribution in [1.29, 1.82) is 0 Å². The van der Waals surface area contributed by atoms with Crippen LogP contribution >= 0.6 is 28.1 Å². The third-order valence-electron chi connectivity index (χ3n) is 2.92. The van der Waals surface area contributed by atoms with E-state index in [1.54, 1.807) is 0 Å². The third kappa shape index (κ3) is 5.46. The number of halogens is 1. The number of benzene rings is 1. The lowest BCUT2D eigenvalue weighted by atomic mass is 9.88. The van der Waals surface area contributed by atoms with Crippen LogP contribution in [0.25, 0.3) is 0 Å². The zero-order valence-corrected chi connectivity index (χ0v) is 13.3. The molecular weight excluding hydrogens is 310 g/mol. The van der Waals surface area contributed by atoms with Gasteiger partial charge in [-0.3, -0.25) is 0 Å². The minimum Gasteiger partial charge on any atom is -0.393 e. The van der Waals surface area contributed by atoms with Gasteiger partial charge in [-0.05, 0) is 30.5 Å². The largest absolute Gasteiger partial charge is 0.393 e. The Kier molecular flexibility index (Phi) is 6.26. The summed E-state index contributed by atoms with van der Waals surface area (Å²) >= 11 is 8.48. The van der Waals surface area contributed by atoms with Crippen molar-refractivity contribution in [3.8, 4) is 0 Å². The zero-order chi connectivity index (χ0) is 13.6. The molecule has 0 aliphatic rings. The topological polar surface area (TPSA) is 35.2 Å². The van der Waals surface area contributed by atoms with Crippen molar-refractivity contribution in [2.24, 2.45) is 11.1 Å². The van der Waals surface area contributed by atoms with Crippen LogP contribution in [-0.4, -0.2) is 11.6 Å². The number of hydrogen-bond donors (Lipinski definition) is 1. The van der Waals surface area contributed by atoms with Crippen molar-refractivity contribution in [2.75, 3.05) is 6.61 Å². The molecule has 1 aromatic rings. The molecule has 4 heteroatoms. The van der Waals surface area contributed by atoms with E-state index in [1.807, 2.05) is 12.1 Å². The molecule has 0 bridgehead atoms. The summed E-state index contributed by atoms with van der Waals surface area (Å²) in [4.78, 5) is 0.578. The standard InChI is InChI=1S/C14H20BrNOS/c1-14(2,13(16)18)7-4-8-17-10-11-5-3-6-12(15)9-11/h3,5-6,9H,4,7-8,10H2,1-2H3,(H2,16,18). The normalized spacial score (nSPS) is 11.5. The number of nitrogens with two attached hydrogens (primary N) is 1. The van der Waals surface area contributed by atoms with Gasteiger partial charge in [-0.2, -0.15) is 0 Å². The quantitative estimate of drug-likeness (QED) is 0.605. The maximum Gasteiger partial charge on any atom is 0.0784 e. The van der Waals surface area contributed by atoms with E-state index in [9.17, 15) is 0 Å². The van der Waals surface area contributed by atoms with Crippen LogP contribution < -0.4 is 5.73 Å². The number of ether oxygens (including phenoxy) is 1. The van der Waals surface area contributed by atoms with Crippen molar-refractivity contribution in [2.45, 2.75) is 33.3 Å². The second-order valence-electron chi connectivity index (χ2n) is 5.03. The van der Waals surface area contributed by atoms with E-state index in [0.717, 1.165) is 23.9 Å². The van der Waals surface area contributed by atoms with E-state index in [2.05, 4.69) is 41.9 Å². The molecule has 0 atom stereocenters. The van der Waals surface area contributed by atoms with Crippen LogP contribution in [0.3, 0.4) is 0 Å². The van der Waals surface area contributed by atoms with Crippen molar-refractivity contribution in [3.63, 3.8) is 0 Å². The lowest BCUT2D eigenvalue weighted by molar-refractivity contribution is 0.113. The number of hydrogen-bond acceptors (Lipinski definition) is 2. The molecule has 0 heterocycles. The van der Waals surface area contributed by atoms with E-state index < -0.39 is 0 Å². The van der Waals surface area contributed by atoms with E-state index in [4.69, 9.17) is 22.7 Å². The molecule has 0 amide bonds. The molecule has 18 heavy (non-hydrogen) atoms. The molecule has 2 N–H and O–H groups in total. The van der Waals surface area contributed by atoms with Crippen LogP contribution in [0.15, 0.2) is 28.7 Å². The van der Waals surface area contributed by atoms with Crippen LogP contribution in [0.5, 0.6) is 0 Å². The van der Waals surface area contributed by atoms with E-state index in [-0.39, 0.29) is 5.41 Å². The van der Waals surface area contributed by atoms with Crippen molar-refractivity contribution < 1.29 is 4.74 Å². The van der Waals surface area contributed by atoms with Gasteiger partial charge in [-0.1, -0.05) is 54.1 Å². The minimum atomic E-state index is -0.0749. The van der Waals surface area contributed by atoms with Crippen LogP contribution in [0, 0.1) is 5.41 Å². The fourth-order valence-corrected chi connectivity index (χ4v) is 2.10. The highest BCUT2D eigenvalue weighted by molar-refractivity contribution is 9.10. The fraction of sp³-hybridized carbons (Fsp3) is 0.500. The van der Waals surface area contributed by atoms with Gasteiger partial charge in [0, 0.05) is 16.5 Å². The highest BCUT2D eigenvalue weighted by atomic mass is 79.9. The third-order valence-corrected chi connectivity index (χ3v) is 3.96. The Balaban J connectivity index is 2.22. The molecule has 0 aromatic heterocycles. The van der Waals surface area contributed by atoms with Gasteiger partial charge in [0.1, 0.15) is 0 Å². The molecule has 0 fully saturated rings. The first kappa shape index (κ1) is 15.6. The van der Waals surface area contributed by atoms with E-state index in [0.29, 0.717) is 11.6 Å². The summed E-state index contributed by atoms with van der Waals surface area (Å²) in [6.45, 7) is 5.53. The molecule has 1 aromatic carbocycles. The molecular formula is C14H20BrNOS. The Morgan fingerprint density at radius 3 is 2.78 bits per heavy atom. The lowest BCUT2D eigenvalue weighted by Gasteiger charge is -2.22.